The van der Waals surface area contributed by atoms with E-state index in [1.165, 1.54) is 0 Å². The monoisotopic (exact) mass is 163 g/mol. The van der Waals surface area contributed by atoms with Crippen LogP contribution in [0.3, 0.4) is 0 Å². The van der Waals surface area contributed by atoms with E-state index in [-0.39, 0.29) is 0 Å². The molecule has 1 aliphatic rings. The van der Waals surface area contributed by atoms with Crippen molar-refractivity contribution in [3.8, 4) is 0 Å². The van der Waals surface area contributed by atoms with E-state index in [1.807, 2.05) is 18.2 Å². The molecule has 2 heteroatoms. The molecule has 0 saturated heterocycles. The van der Waals surface area contributed by atoms with Crippen LogP contribution >= 0.6 is 0 Å². The van der Waals surface area contributed by atoms with Gasteiger partial charge >= 0.3 is 0 Å². The first-order chi connectivity index (χ1) is 5.75. The van der Waals surface area contributed by atoms with E-state index in [0.717, 1.165) is 12.0 Å². The third kappa shape index (κ3) is 1.91. The highest BCUT2D eigenvalue weighted by molar-refractivity contribution is 5.36. The lowest BCUT2D eigenvalue weighted by atomic mass is 10.0. The van der Waals surface area contributed by atoms with Crippen molar-refractivity contribution in [3.63, 3.8) is 0 Å². The number of hydrogen-bond donors (Lipinski definition) is 0. The summed E-state index contributed by atoms with van der Waals surface area (Å²) < 4.78 is 0. The van der Waals surface area contributed by atoms with Gasteiger partial charge in [-0.3, -0.25) is 0 Å². The van der Waals surface area contributed by atoms with Crippen molar-refractivity contribution < 1.29 is 0 Å². The molecule has 0 atom stereocenters. The molecule has 64 valence electrons. The van der Waals surface area contributed by atoms with Gasteiger partial charge in [-0.15, -0.1) is 4.91 Å². The molecule has 12 heavy (non-hydrogen) atoms. The van der Waals surface area contributed by atoms with Crippen LogP contribution in [0, 0.1) is 10.8 Å². The summed E-state index contributed by atoms with van der Waals surface area (Å²) in [7, 11) is 0. The fourth-order valence-corrected chi connectivity index (χ4v) is 1.21. The Hall–Kier alpha value is -1.18. The summed E-state index contributed by atoms with van der Waals surface area (Å²) in [5.41, 5.74) is 1.59. The summed E-state index contributed by atoms with van der Waals surface area (Å²) in [5, 5.41) is 3.00. The third-order valence-corrected chi connectivity index (χ3v) is 1.86. The molecule has 1 rings (SSSR count). The SMILES string of the molecule is CC(C)C1=C(N=O)C=CCC=C1. The summed E-state index contributed by atoms with van der Waals surface area (Å²) in [5.74, 6) is 0.358. The fraction of sp³-hybridized carbons (Fsp3) is 0.400. The Kier molecular flexibility index (Phi) is 2.97. The number of nitrogens with zero attached hydrogens (tertiary/aromatic N) is 1. The summed E-state index contributed by atoms with van der Waals surface area (Å²) in [6.07, 6.45) is 8.66. The van der Waals surface area contributed by atoms with Crippen LogP contribution < -0.4 is 0 Å². The molecule has 2 nitrogen and oxygen atoms in total. The first-order valence-electron chi connectivity index (χ1n) is 4.16. The fourth-order valence-electron chi connectivity index (χ4n) is 1.21. The van der Waals surface area contributed by atoms with E-state index in [9.17, 15) is 4.91 Å². The molecule has 0 unspecified atom stereocenters. The summed E-state index contributed by atoms with van der Waals surface area (Å²) >= 11 is 0. The minimum absolute atomic E-state index is 0.358. The number of allylic oxidation sites excluding steroid dienone is 5. The number of rotatable bonds is 2. The van der Waals surface area contributed by atoms with Gasteiger partial charge in [0, 0.05) is 0 Å². The molecular weight excluding hydrogens is 150 g/mol. The average molecular weight is 163 g/mol. The van der Waals surface area contributed by atoms with Gasteiger partial charge in [0.2, 0.25) is 0 Å². The van der Waals surface area contributed by atoms with E-state index < -0.39 is 0 Å². The lowest BCUT2D eigenvalue weighted by Gasteiger charge is -2.05. The molecule has 0 aromatic rings. The predicted octanol–water partition coefficient (Wildman–Crippen LogP) is 3.18. The van der Waals surface area contributed by atoms with E-state index in [1.54, 1.807) is 6.08 Å². The minimum Gasteiger partial charge on any atom is -0.145 e. The molecule has 0 fully saturated rings. The van der Waals surface area contributed by atoms with Crippen molar-refractivity contribution in [2.75, 3.05) is 0 Å². The minimum atomic E-state index is 0.358. The van der Waals surface area contributed by atoms with Gasteiger partial charge in [-0.25, -0.2) is 0 Å². The summed E-state index contributed by atoms with van der Waals surface area (Å²) in [6, 6.07) is 0. The lowest BCUT2D eigenvalue weighted by Crippen LogP contribution is -1.93. The molecule has 0 saturated carbocycles. The van der Waals surface area contributed by atoms with Gasteiger partial charge in [0.05, 0.1) is 0 Å². The molecule has 0 aromatic carbocycles. The van der Waals surface area contributed by atoms with Crippen molar-refractivity contribution in [3.05, 3.63) is 40.5 Å². The molecule has 0 radical (unpaired) electrons. The highest BCUT2D eigenvalue weighted by Gasteiger charge is 2.07. The van der Waals surface area contributed by atoms with Gasteiger partial charge in [0.15, 0.2) is 0 Å². The highest BCUT2D eigenvalue weighted by Crippen LogP contribution is 2.20. The van der Waals surface area contributed by atoms with Crippen LogP contribution in [0.15, 0.2) is 40.8 Å². The molecule has 0 aliphatic heterocycles. The zero-order valence-electron chi connectivity index (χ0n) is 7.45. The summed E-state index contributed by atoms with van der Waals surface area (Å²) in [4.78, 5) is 10.4. The van der Waals surface area contributed by atoms with Crippen molar-refractivity contribution >= 4 is 0 Å². The van der Waals surface area contributed by atoms with Gasteiger partial charge in [-0.05, 0) is 29.2 Å². The van der Waals surface area contributed by atoms with Crippen LogP contribution in [0.4, 0.5) is 0 Å². The zero-order valence-corrected chi connectivity index (χ0v) is 7.45. The van der Waals surface area contributed by atoms with Crippen LogP contribution in [0.2, 0.25) is 0 Å². The standard InChI is InChI=1S/C10H13NO/c1-8(2)9-6-4-3-5-7-10(9)11-12/h4-8H,3H2,1-2H3. The Labute approximate surface area is 72.6 Å². The maximum Gasteiger partial charge on any atom is 0.111 e. The topological polar surface area (TPSA) is 29.4 Å². The molecule has 0 N–H and O–H groups in total. The Balaban J connectivity index is 3.06. The largest absolute Gasteiger partial charge is 0.145 e. The molecule has 0 aromatic heterocycles. The van der Waals surface area contributed by atoms with Gasteiger partial charge in [-0.2, -0.15) is 0 Å². The first-order valence-corrected chi connectivity index (χ1v) is 4.16. The first kappa shape index (κ1) is 8.91. The smallest absolute Gasteiger partial charge is 0.111 e. The molecule has 0 heterocycles. The van der Waals surface area contributed by atoms with E-state index in [0.29, 0.717) is 11.6 Å². The summed E-state index contributed by atoms with van der Waals surface area (Å²) in [6.45, 7) is 4.12. The highest BCUT2D eigenvalue weighted by atomic mass is 16.3. The van der Waals surface area contributed by atoms with E-state index >= 15 is 0 Å². The van der Waals surface area contributed by atoms with Crippen LogP contribution in [0.1, 0.15) is 20.3 Å². The van der Waals surface area contributed by atoms with Crippen molar-refractivity contribution in [2.45, 2.75) is 20.3 Å². The average Bonchev–Trinajstić information content (AvgIpc) is 2.27. The Morgan fingerprint density at radius 1 is 1.33 bits per heavy atom. The molecule has 0 spiro atoms. The van der Waals surface area contributed by atoms with Gasteiger partial charge in [-0.1, -0.05) is 32.1 Å². The number of nitroso groups, excluding NO2 is 1. The maximum atomic E-state index is 10.4. The quantitative estimate of drug-likeness (QED) is 0.575. The second-order valence-corrected chi connectivity index (χ2v) is 3.13. The Bertz CT molecular complexity index is 259. The Morgan fingerprint density at radius 2 is 2.00 bits per heavy atom. The normalized spacial score (nSPS) is 16.9. The molecule has 0 amide bonds. The van der Waals surface area contributed by atoms with Crippen molar-refractivity contribution in [1.29, 1.82) is 0 Å². The second kappa shape index (κ2) is 4.00. The molecular formula is C10H13NO. The third-order valence-electron chi connectivity index (χ3n) is 1.86. The Morgan fingerprint density at radius 3 is 2.58 bits per heavy atom. The predicted molar refractivity (Wildman–Crippen MR) is 50.6 cm³/mol. The van der Waals surface area contributed by atoms with Crippen molar-refractivity contribution in [2.24, 2.45) is 11.1 Å². The molecule has 1 aliphatic carbocycles. The maximum absolute atomic E-state index is 10.4. The van der Waals surface area contributed by atoms with Crippen LogP contribution in [-0.4, -0.2) is 0 Å². The van der Waals surface area contributed by atoms with Crippen LogP contribution in [0.5, 0.6) is 0 Å². The van der Waals surface area contributed by atoms with Gasteiger partial charge in [0.1, 0.15) is 5.70 Å². The van der Waals surface area contributed by atoms with Gasteiger partial charge in [0.25, 0.3) is 0 Å². The van der Waals surface area contributed by atoms with Crippen LogP contribution in [0.25, 0.3) is 0 Å². The molecule has 0 bridgehead atoms. The van der Waals surface area contributed by atoms with E-state index in [4.69, 9.17) is 0 Å². The zero-order chi connectivity index (χ0) is 8.97. The van der Waals surface area contributed by atoms with Crippen LogP contribution in [-0.2, 0) is 0 Å². The van der Waals surface area contributed by atoms with E-state index in [2.05, 4.69) is 19.0 Å². The lowest BCUT2D eigenvalue weighted by molar-refractivity contribution is 0.781. The van der Waals surface area contributed by atoms with Gasteiger partial charge < -0.3 is 0 Å². The van der Waals surface area contributed by atoms with Crippen molar-refractivity contribution in [1.82, 2.24) is 0 Å². The second-order valence-electron chi connectivity index (χ2n) is 3.13. The number of hydrogen-bond acceptors (Lipinski definition) is 2.